The van der Waals surface area contributed by atoms with Crippen molar-refractivity contribution in [3.8, 4) is 0 Å². The molecule has 3 nitrogen and oxygen atoms in total. The molecule has 0 radical (unpaired) electrons. The molecule has 1 aliphatic heterocycles. The second kappa shape index (κ2) is 5.31. The van der Waals surface area contributed by atoms with Gasteiger partial charge in [-0.1, -0.05) is 60.7 Å². The number of aliphatic hydroxyl groups is 1. The fourth-order valence-electron chi connectivity index (χ4n) is 2.30. The lowest BCUT2D eigenvalue weighted by atomic mass is 9.99. The average molecular weight is 266 g/mol. The average Bonchev–Trinajstić information content (AvgIpc) is 2.77. The zero-order valence-electron chi connectivity index (χ0n) is 10.8. The van der Waals surface area contributed by atoms with Gasteiger partial charge in [-0.25, -0.2) is 4.79 Å². The topological polar surface area (TPSA) is 46.5 Å². The Balaban J connectivity index is 1.92. The Morgan fingerprint density at radius 2 is 1.55 bits per heavy atom. The quantitative estimate of drug-likeness (QED) is 0.671. The highest BCUT2D eigenvalue weighted by atomic mass is 16.6. The van der Waals surface area contributed by atoms with Gasteiger partial charge in [0.05, 0.1) is 5.57 Å². The molecule has 3 heteroatoms. The molecule has 100 valence electrons. The van der Waals surface area contributed by atoms with Crippen LogP contribution in [0.3, 0.4) is 0 Å². The maximum Gasteiger partial charge on any atom is 0.337 e. The highest BCUT2D eigenvalue weighted by Gasteiger charge is 2.39. The lowest BCUT2D eigenvalue weighted by Gasteiger charge is -2.12. The molecule has 0 aromatic heterocycles. The lowest BCUT2D eigenvalue weighted by Crippen LogP contribution is -2.14. The minimum Gasteiger partial charge on any atom is -0.451 e. The second-order valence-corrected chi connectivity index (χ2v) is 4.69. The van der Waals surface area contributed by atoms with Gasteiger partial charge in [0.1, 0.15) is 6.10 Å². The van der Waals surface area contributed by atoms with Crippen LogP contribution in [0.25, 0.3) is 6.08 Å². The number of benzene rings is 2. The van der Waals surface area contributed by atoms with E-state index in [-0.39, 0.29) is 0 Å². The van der Waals surface area contributed by atoms with Crippen LogP contribution in [0.5, 0.6) is 0 Å². The fraction of sp³-hybridized carbons (Fsp3) is 0.118. The van der Waals surface area contributed by atoms with Crippen LogP contribution >= 0.6 is 0 Å². The van der Waals surface area contributed by atoms with Crippen LogP contribution in [0.1, 0.15) is 17.2 Å². The van der Waals surface area contributed by atoms with Crippen LogP contribution in [0.15, 0.2) is 66.2 Å². The summed E-state index contributed by atoms with van der Waals surface area (Å²) >= 11 is 0. The molecule has 0 bridgehead atoms. The Morgan fingerprint density at radius 3 is 2.20 bits per heavy atom. The van der Waals surface area contributed by atoms with Gasteiger partial charge in [-0.3, -0.25) is 0 Å². The van der Waals surface area contributed by atoms with Crippen molar-refractivity contribution in [2.45, 2.75) is 12.2 Å². The summed E-state index contributed by atoms with van der Waals surface area (Å²) in [5.41, 5.74) is 1.96. The van der Waals surface area contributed by atoms with Gasteiger partial charge in [-0.05, 0) is 17.2 Å². The van der Waals surface area contributed by atoms with Crippen molar-refractivity contribution < 1.29 is 14.6 Å². The number of esters is 1. The Kier molecular flexibility index (Phi) is 3.35. The number of hydrogen-bond acceptors (Lipinski definition) is 3. The van der Waals surface area contributed by atoms with E-state index >= 15 is 0 Å². The fourth-order valence-corrected chi connectivity index (χ4v) is 2.30. The number of carbonyl (C=O) groups is 1. The van der Waals surface area contributed by atoms with Crippen LogP contribution in [-0.4, -0.2) is 17.2 Å². The van der Waals surface area contributed by atoms with Gasteiger partial charge in [-0.2, -0.15) is 0 Å². The summed E-state index contributed by atoms with van der Waals surface area (Å²) in [7, 11) is 0. The molecular formula is C17H14O3. The van der Waals surface area contributed by atoms with Gasteiger partial charge in [-0.15, -0.1) is 0 Å². The van der Waals surface area contributed by atoms with Gasteiger partial charge in [0.2, 0.25) is 0 Å². The van der Waals surface area contributed by atoms with Crippen LogP contribution < -0.4 is 0 Å². The van der Waals surface area contributed by atoms with Gasteiger partial charge in [0.15, 0.2) is 6.10 Å². The molecule has 1 N–H and O–H groups in total. The number of carbonyl (C=O) groups excluding carboxylic acids is 1. The predicted molar refractivity (Wildman–Crippen MR) is 75.7 cm³/mol. The molecule has 0 saturated carbocycles. The smallest absolute Gasteiger partial charge is 0.337 e. The third-order valence-corrected chi connectivity index (χ3v) is 3.32. The Bertz CT molecular complexity index is 632. The van der Waals surface area contributed by atoms with E-state index in [4.69, 9.17) is 4.74 Å². The zero-order valence-corrected chi connectivity index (χ0v) is 10.8. The number of aliphatic hydroxyl groups excluding tert-OH is 1. The third-order valence-electron chi connectivity index (χ3n) is 3.32. The summed E-state index contributed by atoms with van der Waals surface area (Å²) in [6, 6.07) is 18.7. The van der Waals surface area contributed by atoms with Crippen molar-refractivity contribution in [2.75, 3.05) is 0 Å². The van der Waals surface area contributed by atoms with Gasteiger partial charge < -0.3 is 9.84 Å². The first-order valence-corrected chi connectivity index (χ1v) is 6.46. The maximum atomic E-state index is 11.9. The van der Waals surface area contributed by atoms with E-state index in [1.165, 1.54) is 0 Å². The number of ether oxygens (including phenoxy) is 1. The van der Waals surface area contributed by atoms with Crippen molar-refractivity contribution in [1.82, 2.24) is 0 Å². The van der Waals surface area contributed by atoms with E-state index in [1.807, 2.05) is 60.7 Å². The van der Waals surface area contributed by atoms with E-state index in [9.17, 15) is 9.90 Å². The Hall–Kier alpha value is -2.39. The highest BCUT2D eigenvalue weighted by molar-refractivity contribution is 5.97. The first kappa shape index (κ1) is 12.6. The summed E-state index contributed by atoms with van der Waals surface area (Å²) < 4.78 is 5.29. The summed E-state index contributed by atoms with van der Waals surface area (Å²) in [5, 5.41) is 10.3. The zero-order chi connectivity index (χ0) is 13.9. The van der Waals surface area contributed by atoms with Gasteiger partial charge in [0, 0.05) is 0 Å². The molecule has 1 heterocycles. The molecular weight excluding hydrogens is 252 g/mol. The first-order valence-electron chi connectivity index (χ1n) is 6.46. The minimum atomic E-state index is -0.940. The Morgan fingerprint density at radius 1 is 0.950 bits per heavy atom. The molecule has 2 atom stereocenters. The molecule has 1 fully saturated rings. The molecule has 2 unspecified atom stereocenters. The van der Waals surface area contributed by atoms with E-state index in [0.717, 1.165) is 11.1 Å². The van der Waals surface area contributed by atoms with Crippen molar-refractivity contribution in [1.29, 1.82) is 0 Å². The van der Waals surface area contributed by atoms with Gasteiger partial charge in [0.25, 0.3) is 0 Å². The second-order valence-electron chi connectivity index (χ2n) is 4.69. The van der Waals surface area contributed by atoms with Crippen molar-refractivity contribution in [3.63, 3.8) is 0 Å². The van der Waals surface area contributed by atoms with Crippen LogP contribution in [0, 0.1) is 0 Å². The summed E-state index contributed by atoms with van der Waals surface area (Å²) in [4.78, 5) is 11.9. The number of rotatable bonds is 2. The minimum absolute atomic E-state index is 0.296. The molecule has 0 spiro atoms. The molecule has 3 rings (SSSR count). The van der Waals surface area contributed by atoms with Crippen LogP contribution in [0.4, 0.5) is 0 Å². The van der Waals surface area contributed by atoms with E-state index in [2.05, 4.69) is 0 Å². The lowest BCUT2D eigenvalue weighted by molar-refractivity contribution is -0.139. The molecule has 20 heavy (non-hydrogen) atoms. The van der Waals surface area contributed by atoms with Crippen LogP contribution in [0.2, 0.25) is 0 Å². The van der Waals surface area contributed by atoms with E-state index in [1.54, 1.807) is 6.08 Å². The van der Waals surface area contributed by atoms with Crippen molar-refractivity contribution in [2.24, 2.45) is 0 Å². The molecule has 0 aliphatic carbocycles. The van der Waals surface area contributed by atoms with Gasteiger partial charge >= 0.3 is 5.97 Å². The van der Waals surface area contributed by atoms with Crippen molar-refractivity contribution >= 4 is 12.0 Å². The standard InChI is InChI=1S/C17H14O3/c18-15-14(11-12-7-3-1-4-8-12)17(19)20-16(15)13-9-5-2-6-10-13/h1-11,15-16,18H/b14-11+. The van der Waals surface area contributed by atoms with Crippen LogP contribution in [-0.2, 0) is 9.53 Å². The monoisotopic (exact) mass is 266 g/mol. The summed E-state index contributed by atoms with van der Waals surface area (Å²) in [5.74, 6) is -0.463. The first-order chi connectivity index (χ1) is 9.75. The normalized spacial score (nSPS) is 23.9. The van der Waals surface area contributed by atoms with E-state index < -0.39 is 18.2 Å². The third kappa shape index (κ3) is 2.36. The van der Waals surface area contributed by atoms with E-state index in [0.29, 0.717) is 5.57 Å². The molecule has 2 aromatic rings. The Labute approximate surface area is 117 Å². The van der Waals surface area contributed by atoms with Crippen molar-refractivity contribution in [3.05, 3.63) is 77.4 Å². The molecule has 0 amide bonds. The largest absolute Gasteiger partial charge is 0.451 e. The molecule has 1 aliphatic rings. The number of hydrogen-bond donors (Lipinski definition) is 1. The molecule has 1 saturated heterocycles. The summed E-state index contributed by atoms with van der Waals surface area (Å²) in [6.07, 6.45) is 0.111. The highest BCUT2D eigenvalue weighted by Crippen LogP contribution is 2.34. The SMILES string of the molecule is O=C1OC(c2ccccc2)C(O)/C1=C\c1ccccc1. The molecule has 2 aromatic carbocycles. The maximum absolute atomic E-state index is 11.9. The number of cyclic esters (lactones) is 1. The predicted octanol–water partition coefficient (Wildman–Crippen LogP) is 2.73. The summed E-state index contributed by atoms with van der Waals surface area (Å²) in [6.45, 7) is 0.